The molecule has 0 unspecified atom stereocenters. The molecule has 1 aromatic rings. The minimum Gasteiger partial charge on any atom is -0.353 e. The second kappa shape index (κ2) is 7.07. The maximum Gasteiger partial charge on any atom is 0.234 e. The van der Waals surface area contributed by atoms with Crippen LogP contribution < -0.4 is 5.32 Å². The number of nitrogens with one attached hydrogen (secondary N) is 1. The monoisotopic (exact) mass is 234 g/mol. The first-order valence-electron chi connectivity index (χ1n) is 6.17. The lowest BCUT2D eigenvalue weighted by atomic mass is 10.2. The molecule has 0 aliphatic rings. The van der Waals surface area contributed by atoms with Crippen molar-refractivity contribution < 1.29 is 4.79 Å². The van der Waals surface area contributed by atoms with Crippen LogP contribution in [0, 0.1) is 0 Å². The van der Waals surface area contributed by atoms with E-state index in [1.54, 1.807) is 0 Å². The molecule has 0 saturated heterocycles. The minimum absolute atomic E-state index is 0.0952. The van der Waals surface area contributed by atoms with Gasteiger partial charge in [0.15, 0.2) is 0 Å². The Kier molecular flexibility index (Phi) is 5.70. The molecule has 17 heavy (non-hydrogen) atoms. The maximum atomic E-state index is 11.7. The smallest absolute Gasteiger partial charge is 0.234 e. The summed E-state index contributed by atoms with van der Waals surface area (Å²) < 4.78 is 0. The summed E-state index contributed by atoms with van der Waals surface area (Å²) in [5.41, 5.74) is 1.24. The topological polar surface area (TPSA) is 32.3 Å². The van der Waals surface area contributed by atoms with Crippen molar-refractivity contribution in [2.45, 2.75) is 33.4 Å². The number of rotatable bonds is 6. The third-order valence-electron chi connectivity index (χ3n) is 2.51. The lowest BCUT2D eigenvalue weighted by molar-refractivity contribution is -0.122. The summed E-state index contributed by atoms with van der Waals surface area (Å²) in [5.74, 6) is 0.0952. The summed E-state index contributed by atoms with van der Waals surface area (Å²) in [5, 5.41) is 2.91. The number of benzene rings is 1. The second-order valence-electron chi connectivity index (χ2n) is 4.51. The summed E-state index contributed by atoms with van der Waals surface area (Å²) in [4.78, 5) is 13.8. The van der Waals surface area contributed by atoms with Gasteiger partial charge in [0.25, 0.3) is 0 Å². The van der Waals surface area contributed by atoms with E-state index in [2.05, 4.69) is 29.3 Å². The van der Waals surface area contributed by atoms with E-state index in [0.29, 0.717) is 6.54 Å². The van der Waals surface area contributed by atoms with E-state index in [0.717, 1.165) is 13.1 Å². The van der Waals surface area contributed by atoms with E-state index in [1.165, 1.54) is 5.56 Å². The van der Waals surface area contributed by atoms with Crippen molar-refractivity contribution in [3.8, 4) is 0 Å². The lowest BCUT2D eigenvalue weighted by Gasteiger charge is -2.20. The van der Waals surface area contributed by atoms with Crippen LogP contribution in [-0.4, -0.2) is 29.9 Å². The van der Waals surface area contributed by atoms with E-state index < -0.39 is 0 Å². The van der Waals surface area contributed by atoms with Gasteiger partial charge in [-0.05, 0) is 26.0 Å². The summed E-state index contributed by atoms with van der Waals surface area (Å²) in [6.07, 6.45) is 0. The van der Waals surface area contributed by atoms with Crippen molar-refractivity contribution in [2.75, 3.05) is 13.1 Å². The SMILES string of the molecule is CCN(CC(=O)NC(C)C)Cc1ccccc1. The molecule has 1 amide bonds. The maximum absolute atomic E-state index is 11.7. The number of hydrogen-bond donors (Lipinski definition) is 1. The molecule has 0 atom stereocenters. The Morgan fingerprint density at radius 1 is 1.29 bits per heavy atom. The zero-order chi connectivity index (χ0) is 12.7. The van der Waals surface area contributed by atoms with Crippen molar-refractivity contribution in [2.24, 2.45) is 0 Å². The fourth-order valence-corrected chi connectivity index (χ4v) is 1.69. The fraction of sp³-hybridized carbons (Fsp3) is 0.500. The number of likely N-dealkylation sites (N-methyl/N-ethyl adjacent to an activating group) is 1. The van der Waals surface area contributed by atoms with Gasteiger partial charge < -0.3 is 5.32 Å². The zero-order valence-electron chi connectivity index (χ0n) is 10.9. The minimum atomic E-state index is 0.0952. The first-order valence-corrected chi connectivity index (χ1v) is 6.17. The Balaban J connectivity index is 2.46. The van der Waals surface area contributed by atoms with Gasteiger partial charge >= 0.3 is 0 Å². The van der Waals surface area contributed by atoms with Crippen LogP contribution >= 0.6 is 0 Å². The number of carbonyl (C=O) groups is 1. The Morgan fingerprint density at radius 3 is 2.47 bits per heavy atom. The van der Waals surface area contributed by atoms with Gasteiger partial charge in [0.05, 0.1) is 6.54 Å². The van der Waals surface area contributed by atoms with E-state index in [-0.39, 0.29) is 11.9 Å². The first kappa shape index (κ1) is 13.7. The molecule has 3 heteroatoms. The van der Waals surface area contributed by atoms with Crippen molar-refractivity contribution in [3.63, 3.8) is 0 Å². The van der Waals surface area contributed by atoms with Crippen LogP contribution in [-0.2, 0) is 11.3 Å². The number of nitrogens with zero attached hydrogens (tertiary/aromatic N) is 1. The molecule has 0 bridgehead atoms. The molecule has 0 spiro atoms. The van der Waals surface area contributed by atoms with Crippen LogP contribution in [0.1, 0.15) is 26.3 Å². The Morgan fingerprint density at radius 2 is 1.94 bits per heavy atom. The second-order valence-corrected chi connectivity index (χ2v) is 4.51. The van der Waals surface area contributed by atoms with E-state index in [9.17, 15) is 4.79 Å². The molecule has 0 radical (unpaired) electrons. The third-order valence-corrected chi connectivity index (χ3v) is 2.51. The molecule has 0 heterocycles. The highest BCUT2D eigenvalue weighted by atomic mass is 16.2. The molecule has 0 aliphatic heterocycles. The Hall–Kier alpha value is -1.35. The van der Waals surface area contributed by atoms with E-state index in [1.807, 2.05) is 32.0 Å². The summed E-state index contributed by atoms with van der Waals surface area (Å²) >= 11 is 0. The summed E-state index contributed by atoms with van der Waals surface area (Å²) in [6, 6.07) is 10.4. The zero-order valence-corrected chi connectivity index (χ0v) is 10.9. The van der Waals surface area contributed by atoms with Crippen molar-refractivity contribution in [1.82, 2.24) is 10.2 Å². The molecule has 0 fully saturated rings. The largest absolute Gasteiger partial charge is 0.353 e. The summed E-state index contributed by atoms with van der Waals surface area (Å²) in [7, 11) is 0. The first-order chi connectivity index (χ1) is 8.11. The lowest BCUT2D eigenvalue weighted by Crippen LogP contribution is -2.39. The number of amides is 1. The van der Waals surface area contributed by atoms with Crippen LogP contribution in [0.3, 0.4) is 0 Å². The van der Waals surface area contributed by atoms with Crippen LogP contribution in [0.5, 0.6) is 0 Å². The van der Waals surface area contributed by atoms with E-state index >= 15 is 0 Å². The molecule has 0 saturated carbocycles. The molecule has 3 nitrogen and oxygen atoms in total. The summed E-state index contributed by atoms with van der Waals surface area (Å²) in [6.45, 7) is 8.19. The van der Waals surface area contributed by atoms with Crippen molar-refractivity contribution in [1.29, 1.82) is 0 Å². The molecule has 1 N–H and O–H groups in total. The Bertz CT molecular complexity index is 335. The van der Waals surface area contributed by atoms with Crippen LogP contribution in [0.4, 0.5) is 0 Å². The molecule has 0 aliphatic carbocycles. The fourth-order valence-electron chi connectivity index (χ4n) is 1.69. The quantitative estimate of drug-likeness (QED) is 0.817. The van der Waals surface area contributed by atoms with Gasteiger partial charge in [-0.2, -0.15) is 0 Å². The van der Waals surface area contributed by atoms with Gasteiger partial charge in [-0.25, -0.2) is 0 Å². The van der Waals surface area contributed by atoms with Gasteiger partial charge in [-0.1, -0.05) is 37.3 Å². The predicted molar refractivity (Wildman–Crippen MR) is 70.7 cm³/mol. The van der Waals surface area contributed by atoms with Crippen molar-refractivity contribution >= 4 is 5.91 Å². The molecular formula is C14H22N2O. The molecular weight excluding hydrogens is 212 g/mol. The van der Waals surface area contributed by atoms with Crippen LogP contribution in [0.2, 0.25) is 0 Å². The van der Waals surface area contributed by atoms with Gasteiger partial charge in [-0.3, -0.25) is 9.69 Å². The number of hydrogen-bond acceptors (Lipinski definition) is 2. The average Bonchev–Trinajstić information content (AvgIpc) is 2.28. The van der Waals surface area contributed by atoms with Gasteiger partial charge in [-0.15, -0.1) is 0 Å². The standard InChI is InChI=1S/C14H22N2O/c1-4-16(11-14(17)15-12(2)3)10-13-8-6-5-7-9-13/h5-9,12H,4,10-11H2,1-3H3,(H,15,17). The van der Waals surface area contributed by atoms with Gasteiger partial charge in [0.2, 0.25) is 5.91 Å². The van der Waals surface area contributed by atoms with Crippen molar-refractivity contribution in [3.05, 3.63) is 35.9 Å². The molecule has 1 aromatic carbocycles. The normalized spacial score (nSPS) is 10.9. The van der Waals surface area contributed by atoms with Gasteiger partial charge in [0, 0.05) is 12.6 Å². The average molecular weight is 234 g/mol. The molecule has 1 rings (SSSR count). The third kappa shape index (κ3) is 5.50. The van der Waals surface area contributed by atoms with E-state index in [4.69, 9.17) is 0 Å². The predicted octanol–water partition coefficient (Wildman–Crippen LogP) is 2.03. The highest BCUT2D eigenvalue weighted by Gasteiger charge is 2.09. The molecule has 0 aromatic heterocycles. The number of carbonyl (C=O) groups excluding carboxylic acids is 1. The van der Waals surface area contributed by atoms with Crippen LogP contribution in [0.15, 0.2) is 30.3 Å². The van der Waals surface area contributed by atoms with Crippen LogP contribution in [0.25, 0.3) is 0 Å². The highest BCUT2D eigenvalue weighted by Crippen LogP contribution is 2.03. The molecule has 94 valence electrons. The van der Waals surface area contributed by atoms with Gasteiger partial charge in [0.1, 0.15) is 0 Å². The highest BCUT2D eigenvalue weighted by molar-refractivity contribution is 5.78. The Labute approximate surface area is 104 Å².